The second-order valence-electron chi connectivity index (χ2n) is 2.91. The number of aliphatic hydroxyl groups is 1. The van der Waals surface area contributed by atoms with E-state index in [1.807, 2.05) is 13.8 Å². The number of hydrogen-bond donors (Lipinski definition) is 3. The summed E-state index contributed by atoms with van der Waals surface area (Å²) in [6, 6.07) is 0. The summed E-state index contributed by atoms with van der Waals surface area (Å²) in [5.74, 6) is 0.392. The maximum absolute atomic E-state index is 9.15. The van der Waals surface area contributed by atoms with Gasteiger partial charge in [-0.15, -0.1) is 0 Å². The molecular weight excluding hydrogens is 116 g/mol. The lowest BCUT2D eigenvalue weighted by Gasteiger charge is -2.22. The van der Waals surface area contributed by atoms with Crippen LogP contribution in [0.1, 0.15) is 20.3 Å². The summed E-state index contributed by atoms with van der Waals surface area (Å²) in [5, 5.41) is 9.15. The summed E-state index contributed by atoms with van der Waals surface area (Å²) in [6.45, 7) is 4.12. The van der Waals surface area contributed by atoms with E-state index in [9.17, 15) is 0 Å². The average molecular weight is 132 g/mol. The van der Waals surface area contributed by atoms with Crippen LogP contribution in [-0.2, 0) is 0 Å². The van der Waals surface area contributed by atoms with Crippen molar-refractivity contribution in [1.82, 2.24) is 0 Å². The molecule has 5 N–H and O–H groups in total. The van der Waals surface area contributed by atoms with Gasteiger partial charge in [0.1, 0.15) is 5.72 Å². The normalized spacial score (nSPS) is 18.0. The van der Waals surface area contributed by atoms with Crippen LogP contribution in [0.25, 0.3) is 0 Å². The summed E-state index contributed by atoms with van der Waals surface area (Å²) in [5.41, 5.74) is 9.37. The highest BCUT2D eigenvalue weighted by Crippen LogP contribution is 2.08. The van der Waals surface area contributed by atoms with Gasteiger partial charge < -0.3 is 16.6 Å². The Morgan fingerprint density at radius 1 is 1.56 bits per heavy atom. The fourth-order valence-electron chi connectivity index (χ4n) is 0.790. The Kier molecular flexibility index (Phi) is 3.11. The first-order chi connectivity index (χ1) is 3.98. The molecule has 0 rings (SSSR count). The van der Waals surface area contributed by atoms with Crippen LogP contribution in [0.5, 0.6) is 0 Å². The van der Waals surface area contributed by atoms with Crippen molar-refractivity contribution in [3.8, 4) is 0 Å². The van der Waals surface area contributed by atoms with Crippen LogP contribution in [0, 0.1) is 5.92 Å². The van der Waals surface area contributed by atoms with Gasteiger partial charge in [0.05, 0.1) is 0 Å². The van der Waals surface area contributed by atoms with Crippen LogP contribution in [0.15, 0.2) is 0 Å². The van der Waals surface area contributed by atoms with E-state index in [4.69, 9.17) is 16.6 Å². The molecule has 0 aromatic rings. The largest absolute Gasteiger partial charge is 0.375 e. The minimum absolute atomic E-state index is 0.130. The molecule has 0 heterocycles. The molecule has 0 aromatic carbocycles. The number of hydrogen-bond acceptors (Lipinski definition) is 3. The lowest BCUT2D eigenvalue weighted by atomic mass is 10.0. The van der Waals surface area contributed by atoms with Gasteiger partial charge in [0.2, 0.25) is 0 Å². The third-order valence-electron chi connectivity index (χ3n) is 1.12. The molecule has 0 aliphatic rings. The Balaban J connectivity index is 3.58. The molecule has 0 aliphatic carbocycles. The van der Waals surface area contributed by atoms with Gasteiger partial charge in [-0.25, -0.2) is 0 Å². The highest BCUT2D eigenvalue weighted by atomic mass is 16.3. The van der Waals surface area contributed by atoms with Crippen molar-refractivity contribution < 1.29 is 5.11 Å². The molecule has 0 radical (unpaired) electrons. The molecule has 0 amide bonds. The van der Waals surface area contributed by atoms with Crippen molar-refractivity contribution in [1.29, 1.82) is 0 Å². The zero-order valence-electron chi connectivity index (χ0n) is 6.09. The maximum atomic E-state index is 9.15. The zero-order valence-corrected chi connectivity index (χ0v) is 6.09. The standard InChI is InChI=1S/C6H16N2O/c1-5(2)3-6(8,9)4-7/h5,9H,3-4,7-8H2,1-2H3. The van der Waals surface area contributed by atoms with Crippen LogP contribution in [-0.4, -0.2) is 17.4 Å². The summed E-state index contributed by atoms with van der Waals surface area (Å²) in [6.07, 6.45) is 0.559. The Bertz CT molecular complexity index is 81.1. The van der Waals surface area contributed by atoms with Crippen molar-refractivity contribution in [2.24, 2.45) is 17.4 Å². The van der Waals surface area contributed by atoms with Gasteiger partial charge in [0.15, 0.2) is 0 Å². The number of nitrogens with two attached hydrogens (primary N) is 2. The zero-order chi connectivity index (χ0) is 7.49. The van der Waals surface area contributed by atoms with Crippen LogP contribution in [0.3, 0.4) is 0 Å². The molecule has 1 atom stereocenters. The van der Waals surface area contributed by atoms with E-state index >= 15 is 0 Å². The Morgan fingerprint density at radius 3 is 2.11 bits per heavy atom. The second-order valence-corrected chi connectivity index (χ2v) is 2.91. The van der Waals surface area contributed by atoms with Crippen LogP contribution < -0.4 is 11.5 Å². The third-order valence-corrected chi connectivity index (χ3v) is 1.12. The lowest BCUT2D eigenvalue weighted by Crippen LogP contribution is -2.47. The summed E-state index contributed by atoms with van der Waals surface area (Å²) in [7, 11) is 0. The minimum atomic E-state index is -1.16. The van der Waals surface area contributed by atoms with Gasteiger partial charge in [-0.1, -0.05) is 13.8 Å². The quantitative estimate of drug-likeness (QED) is 0.459. The topological polar surface area (TPSA) is 72.3 Å². The van der Waals surface area contributed by atoms with Gasteiger partial charge in [-0.05, 0) is 12.3 Å². The molecule has 3 nitrogen and oxygen atoms in total. The molecule has 9 heavy (non-hydrogen) atoms. The van der Waals surface area contributed by atoms with Crippen molar-refractivity contribution in [3.63, 3.8) is 0 Å². The van der Waals surface area contributed by atoms with E-state index in [0.717, 1.165) is 0 Å². The van der Waals surface area contributed by atoms with Crippen molar-refractivity contribution >= 4 is 0 Å². The van der Waals surface area contributed by atoms with E-state index in [0.29, 0.717) is 12.3 Å². The third kappa shape index (κ3) is 4.39. The first-order valence-corrected chi connectivity index (χ1v) is 3.19. The number of rotatable bonds is 3. The molecule has 3 heteroatoms. The first-order valence-electron chi connectivity index (χ1n) is 3.19. The molecule has 0 spiro atoms. The monoisotopic (exact) mass is 132 g/mol. The van der Waals surface area contributed by atoms with Gasteiger partial charge in [-0.2, -0.15) is 0 Å². The minimum Gasteiger partial charge on any atom is -0.375 e. The first kappa shape index (κ1) is 8.88. The Hall–Kier alpha value is -0.120. The summed E-state index contributed by atoms with van der Waals surface area (Å²) >= 11 is 0. The molecule has 0 aromatic heterocycles. The molecule has 0 saturated carbocycles. The predicted molar refractivity (Wildman–Crippen MR) is 37.6 cm³/mol. The van der Waals surface area contributed by atoms with Crippen molar-refractivity contribution in [2.75, 3.05) is 6.54 Å². The Morgan fingerprint density at radius 2 is 2.00 bits per heavy atom. The van der Waals surface area contributed by atoms with Gasteiger partial charge in [0.25, 0.3) is 0 Å². The molecule has 0 saturated heterocycles. The van der Waals surface area contributed by atoms with E-state index in [-0.39, 0.29) is 6.54 Å². The maximum Gasteiger partial charge on any atom is 0.126 e. The molecule has 0 fully saturated rings. The smallest absolute Gasteiger partial charge is 0.126 e. The van der Waals surface area contributed by atoms with Crippen LogP contribution in [0.4, 0.5) is 0 Å². The molecule has 0 bridgehead atoms. The van der Waals surface area contributed by atoms with Crippen LogP contribution >= 0.6 is 0 Å². The van der Waals surface area contributed by atoms with Crippen molar-refractivity contribution in [3.05, 3.63) is 0 Å². The van der Waals surface area contributed by atoms with Gasteiger partial charge in [-0.3, -0.25) is 0 Å². The van der Waals surface area contributed by atoms with E-state index < -0.39 is 5.72 Å². The fraction of sp³-hybridized carbons (Fsp3) is 1.00. The van der Waals surface area contributed by atoms with Crippen LogP contribution in [0.2, 0.25) is 0 Å². The van der Waals surface area contributed by atoms with E-state index in [1.54, 1.807) is 0 Å². The summed E-state index contributed by atoms with van der Waals surface area (Å²) in [4.78, 5) is 0. The Labute approximate surface area is 56.0 Å². The van der Waals surface area contributed by atoms with Crippen molar-refractivity contribution in [2.45, 2.75) is 26.0 Å². The second kappa shape index (κ2) is 3.15. The van der Waals surface area contributed by atoms with E-state index in [2.05, 4.69) is 0 Å². The average Bonchev–Trinajstić information content (AvgIpc) is 1.63. The molecular formula is C6H16N2O. The molecule has 56 valence electrons. The molecule has 1 unspecified atom stereocenters. The van der Waals surface area contributed by atoms with Gasteiger partial charge >= 0.3 is 0 Å². The van der Waals surface area contributed by atoms with E-state index in [1.165, 1.54) is 0 Å². The highest BCUT2D eigenvalue weighted by Gasteiger charge is 2.19. The predicted octanol–water partition coefficient (Wildman–Crippen LogP) is -0.361. The molecule has 0 aliphatic heterocycles. The fourth-order valence-corrected chi connectivity index (χ4v) is 0.790. The van der Waals surface area contributed by atoms with Gasteiger partial charge in [0, 0.05) is 6.54 Å². The highest BCUT2D eigenvalue weighted by molar-refractivity contribution is 4.72. The summed E-state index contributed by atoms with van der Waals surface area (Å²) < 4.78 is 0. The lowest BCUT2D eigenvalue weighted by molar-refractivity contribution is 0.0348. The SMILES string of the molecule is CC(C)CC(N)(O)CN.